The van der Waals surface area contributed by atoms with Crippen LogP contribution in [0.15, 0.2) is 42.5 Å². The van der Waals surface area contributed by atoms with E-state index in [4.69, 9.17) is 4.74 Å². The second-order valence-electron chi connectivity index (χ2n) is 5.82. The van der Waals surface area contributed by atoms with Crippen LogP contribution in [0, 0.1) is 5.82 Å². The van der Waals surface area contributed by atoms with Crippen LogP contribution >= 0.6 is 0 Å². The fourth-order valence-electron chi connectivity index (χ4n) is 3.13. The molecule has 0 aromatic heterocycles. The second-order valence-corrected chi connectivity index (χ2v) is 5.82. The van der Waals surface area contributed by atoms with Crippen LogP contribution in [-0.2, 0) is 19.3 Å². The highest BCUT2D eigenvalue weighted by atomic mass is 19.1. The summed E-state index contributed by atoms with van der Waals surface area (Å²) in [4.78, 5) is 0. The Morgan fingerprint density at radius 3 is 2.67 bits per heavy atom. The third-order valence-electron chi connectivity index (χ3n) is 4.25. The lowest BCUT2D eigenvalue weighted by Gasteiger charge is -2.33. The molecule has 0 bridgehead atoms. The Bertz CT molecular complexity index is 653. The summed E-state index contributed by atoms with van der Waals surface area (Å²) >= 11 is 0. The van der Waals surface area contributed by atoms with Gasteiger partial charge >= 0.3 is 0 Å². The number of halogens is 1. The summed E-state index contributed by atoms with van der Waals surface area (Å²) in [6, 6.07) is 13.1. The standard InChI is InChI=1S/C18H19FO2/c1-21-17-7-6-13(10-16(17)19)11-18(20)9-8-14-4-2-3-5-15(14)12-18/h2-7,10,20H,8-9,11-12H2,1H3. The Hall–Kier alpha value is -1.87. The maximum atomic E-state index is 13.8. The third-order valence-corrected chi connectivity index (χ3v) is 4.25. The van der Waals surface area contributed by atoms with E-state index in [0.29, 0.717) is 19.3 Å². The quantitative estimate of drug-likeness (QED) is 0.938. The largest absolute Gasteiger partial charge is 0.494 e. The monoisotopic (exact) mass is 286 g/mol. The topological polar surface area (TPSA) is 29.5 Å². The number of aliphatic hydroxyl groups is 1. The van der Waals surface area contributed by atoms with Gasteiger partial charge in [-0.15, -0.1) is 0 Å². The molecule has 0 heterocycles. The van der Waals surface area contributed by atoms with Crippen molar-refractivity contribution in [1.82, 2.24) is 0 Å². The molecule has 2 aromatic carbocycles. The number of methoxy groups -OCH3 is 1. The lowest BCUT2D eigenvalue weighted by atomic mass is 9.77. The van der Waals surface area contributed by atoms with Crippen LogP contribution in [0.3, 0.4) is 0 Å². The molecule has 2 aromatic rings. The van der Waals surface area contributed by atoms with Gasteiger partial charge in [-0.1, -0.05) is 30.3 Å². The molecule has 110 valence electrons. The van der Waals surface area contributed by atoms with Crippen molar-refractivity contribution in [2.24, 2.45) is 0 Å². The molecule has 2 nitrogen and oxygen atoms in total. The number of ether oxygens (including phenoxy) is 1. The van der Waals surface area contributed by atoms with E-state index in [1.165, 1.54) is 24.3 Å². The molecule has 3 heteroatoms. The van der Waals surface area contributed by atoms with Crippen LogP contribution in [-0.4, -0.2) is 17.8 Å². The average Bonchev–Trinajstić information content (AvgIpc) is 2.47. The van der Waals surface area contributed by atoms with Crippen LogP contribution in [0.4, 0.5) is 4.39 Å². The fraction of sp³-hybridized carbons (Fsp3) is 0.333. The second kappa shape index (κ2) is 5.49. The molecule has 1 aliphatic rings. The molecule has 0 fully saturated rings. The van der Waals surface area contributed by atoms with E-state index >= 15 is 0 Å². The molecule has 1 aliphatic carbocycles. The smallest absolute Gasteiger partial charge is 0.165 e. The maximum Gasteiger partial charge on any atom is 0.165 e. The van der Waals surface area contributed by atoms with Crippen molar-refractivity contribution in [3.05, 3.63) is 65.0 Å². The fourth-order valence-corrected chi connectivity index (χ4v) is 3.13. The number of fused-ring (bicyclic) bond motifs is 1. The number of benzene rings is 2. The lowest BCUT2D eigenvalue weighted by Crippen LogP contribution is -2.38. The zero-order valence-corrected chi connectivity index (χ0v) is 12.1. The first kappa shape index (κ1) is 14.1. The predicted octanol–water partition coefficient (Wildman–Crippen LogP) is 3.30. The van der Waals surface area contributed by atoms with E-state index in [0.717, 1.165) is 12.0 Å². The zero-order chi connectivity index (χ0) is 14.9. The maximum absolute atomic E-state index is 13.8. The number of hydrogen-bond acceptors (Lipinski definition) is 2. The first-order valence-electron chi connectivity index (χ1n) is 7.21. The number of rotatable bonds is 3. The molecule has 21 heavy (non-hydrogen) atoms. The van der Waals surface area contributed by atoms with Gasteiger partial charge in [0.15, 0.2) is 11.6 Å². The van der Waals surface area contributed by atoms with E-state index in [-0.39, 0.29) is 11.6 Å². The van der Waals surface area contributed by atoms with Gasteiger partial charge in [-0.05, 0) is 41.7 Å². The summed E-state index contributed by atoms with van der Waals surface area (Å²) in [5, 5.41) is 10.8. The van der Waals surface area contributed by atoms with Gasteiger partial charge in [0.2, 0.25) is 0 Å². The van der Waals surface area contributed by atoms with E-state index < -0.39 is 5.60 Å². The van der Waals surface area contributed by atoms with Gasteiger partial charge in [0.25, 0.3) is 0 Å². The Morgan fingerprint density at radius 2 is 1.95 bits per heavy atom. The van der Waals surface area contributed by atoms with Crippen molar-refractivity contribution in [1.29, 1.82) is 0 Å². The Morgan fingerprint density at radius 1 is 1.19 bits per heavy atom. The normalized spacial score (nSPS) is 20.9. The number of aryl methyl sites for hydroxylation is 1. The SMILES string of the molecule is COc1ccc(CC2(O)CCc3ccccc3C2)cc1F. The molecule has 0 amide bonds. The molecule has 1 N–H and O–H groups in total. The highest BCUT2D eigenvalue weighted by molar-refractivity contribution is 5.34. The van der Waals surface area contributed by atoms with Crippen molar-refractivity contribution in [3.8, 4) is 5.75 Å². The van der Waals surface area contributed by atoms with E-state index in [1.807, 2.05) is 18.2 Å². The van der Waals surface area contributed by atoms with Gasteiger partial charge < -0.3 is 9.84 Å². The lowest BCUT2D eigenvalue weighted by molar-refractivity contribution is 0.0266. The minimum atomic E-state index is -0.796. The predicted molar refractivity (Wildman–Crippen MR) is 80.1 cm³/mol. The highest BCUT2D eigenvalue weighted by Crippen LogP contribution is 2.32. The summed E-state index contributed by atoms with van der Waals surface area (Å²) in [7, 11) is 1.45. The van der Waals surface area contributed by atoms with Crippen LogP contribution < -0.4 is 4.74 Å². The van der Waals surface area contributed by atoms with Crippen LogP contribution in [0.25, 0.3) is 0 Å². The average molecular weight is 286 g/mol. The van der Waals surface area contributed by atoms with Crippen molar-refractivity contribution >= 4 is 0 Å². The molecular formula is C18H19FO2. The van der Waals surface area contributed by atoms with Gasteiger partial charge in [0, 0.05) is 12.8 Å². The summed E-state index contributed by atoms with van der Waals surface area (Å²) in [5.41, 5.74) is 2.51. The first-order valence-corrected chi connectivity index (χ1v) is 7.21. The molecule has 3 rings (SSSR count). The van der Waals surface area contributed by atoms with E-state index in [1.54, 1.807) is 6.07 Å². The van der Waals surface area contributed by atoms with Gasteiger partial charge in [0.1, 0.15) is 0 Å². The Balaban J connectivity index is 1.80. The summed E-state index contributed by atoms with van der Waals surface area (Å²) < 4.78 is 18.7. The summed E-state index contributed by atoms with van der Waals surface area (Å²) in [6.45, 7) is 0. The van der Waals surface area contributed by atoms with Gasteiger partial charge in [-0.25, -0.2) is 4.39 Å². The molecule has 1 atom stereocenters. The molecular weight excluding hydrogens is 267 g/mol. The van der Waals surface area contributed by atoms with Crippen LogP contribution in [0.5, 0.6) is 5.75 Å². The molecule has 0 saturated carbocycles. The van der Waals surface area contributed by atoms with Gasteiger partial charge in [-0.2, -0.15) is 0 Å². The van der Waals surface area contributed by atoms with Crippen LogP contribution in [0.1, 0.15) is 23.1 Å². The Labute approximate surface area is 124 Å². The van der Waals surface area contributed by atoms with E-state index in [2.05, 4.69) is 12.1 Å². The summed E-state index contributed by atoms with van der Waals surface area (Å²) in [6.07, 6.45) is 2.65. The molecule has 0 radical (unpaired) electrons. The van der Waals surface area contributed by atoms with E-state index in [9.17, 15) is 9.50 Å². The molecule has 0 spiro atoms. The minimum absolute atomic E-state index is 0.236. The molecule has 0 saturated heterocycles. The summed E-state index contributed by atoms with van der Waals surface area (Å²) in [5.74, 6) is -0.144. The van der Waals surface area contributed by atoms with Crippen molar-refractivity contribution < 1.29 is 14.2 Å². The van der Waals surface area contributed by atoms with Crippen molar-refractivity contribution in [2.45, 2.75) is 31.3 Å². The van der Waals surface area contributed by atoms with Crippen molar-refractivity contribution in [3.63, 3.8) is 0 Å². The first-order chi connectivity index (χ1) is 10.1. The zero-order valence-electron chi connectivity index (χ0n) is 12.1. The molecule has 1 unspecified atom stereocenters. The van der Waals surface area contributed by atoms with Gasteiger partial charge in [-0.3, -0.25) is 0 Å². The number of hydrogen-bond donors (Lipinski definition) is 1. The molecule has 0 aliphatic heterocycles. The third kappa shape index (κ3) is 2.93. The van der Waals surface area contributed by atoms with Crippen molar-refractivity contribution in [2.75, 3.05) is 7.11 Å². The Kier molecular flexibility index (Phi) is 3.68. The minimum Gasteiger partial charge on any atom is -0.494 e. The van der Waals surface area contributed by atoms with Crippen LogP contribution in [0.2, 0.25) is 0 Å². The highest BCUT2D eigenvalue weighted by Gasteiger charge is 2.32. The van der Waals surface area contributed by atoms with Gasteiger partial charge in [0.05, 0.1) is 12.7 Å².